The van der Waals surface area contributed by atoms with Crippen LogP contribution in [-0.2, 0) is 20.9 Å². The molecule has 0 saturated heterocycles. The molecule has 11 heteroatoms. The number of hydrogen-bond acceptors (Lipinski definition) is 6. The second-order valence-electron chi connectivity index (χ2n) is 7.26. The van der Waals surface area contributed by atoms with Gasteiger partial charge in [0.15, 0.2) is 6.61 Å². The van der Waals surface area contributed by atoms with Gasteiger partial charge >= 0.3 is 11.8 Å². The van der Waals surface area contributed by atoms with E-state index in [9.17, 15) is 14.4 Å². The molecule has 0 saturated carbocycles. The third-order valence-electron chi connectivity index (χ3n) is 4.65. The van der Waals surface area contributed by atoms with Crippen molar-refractivity contribution in [1.82, 2.24) is 10.7 Å². The summed E-state index contributed by atoms with van der Waals surface area (Å²) in [4.78, 5) is 36.3. The van der Waals surface area contributed by atoms with E-state index < -0.39 is 11.8 Å². The fraction of sp³-hybridized carbons (Fsp3) is 0.120. The van der Waals surface area contributed by atoms with Gasteiger partial charge in [-0.3, -0.25) is 14.4 Å². The smallest absolute Gasteiger partial charge is 0.329 e. The van der Waals surface area contributed by atoms with Gasteiger partial charge in [0.05, 0.1) is 13.3 Å². The van der Waals surface area contributed by atoms with Crippen molar-refractivity contribution in [2.45, 2.75) is 6.54 Å². The molecule has 0 fully saturated rings. The highest BCUT2D eigenvalue weighted by molar-refractivity contribution is 9.10. The van der Waals surface area contributed by atoms with E-state index in [4.69, 9.17) is 21.1 Å². The molecule has 36 heavy (non-hydrogen) atoms. The zero-order chi connectivity index (χ0) is 25.9. The van der Waals surface area contributed by atoms with Crippen LogP contribution in [0.4, 0.5) is 5.69 Å². The lowest BCUT2D eigenvalue weighted by Gasteiger charge is -2.10. The van der Waals surface area contributed by atoms with Crippen molar-refractivity contribution in [3.05, 3.63) is 87.4 Å². The zero-order valence-corrected chi connectivity index (χ0v) is 21.4. The Hall–Kier alpha value is -3.89. The molecular formula is C25H22BrClN4O5. The van der Waals surface area contributed by atoms with E-state index in [0.29, 0.717) is 27.8 Å². The Labute approximate surface area is 220 Å². The molecule has 0 unspecified atom stereocenters. The molecule has 3 rings (SSSR count). The van der Waals surface area contributed by atoms with Gasteiger partial charge in [-0.2, -0.15) is 5.10 Å². The third kappa shape index (κ3) is 8.40. The van der Waals surface area contributed by atoms with Crippen molar-refractivity contribution in [2.75, 3.05) is 19.0 Å². The Morgan fingerprint density at radius 3 is 2.42 bits per heavy atom. The van der Waals surface area contributed by atoms with Crippen LogP contribution in [0.2, 0.25) is 5.02 Å². The van der Waals surface area contributed by atoms with Crippen molar-refractivity contribution in [2.24, 2.45) is 5.10 Å². The SMILES string of the molecule is COc1ccc(CNC(=O)C(=O)N/N=C\c2cc(Br)ccc2OCC(=O)Nc2ccc(Cl)cc2)cc1. The number of hydrazone groups is 1. The van der Waals surface area contributed by atoms with E-state index in [1.165, 1.54) is 6.21 Å². The van der Waals surface area contributed by atoms with Crippen molar-refractivity contribution in [1.29, 1.82) is 0 Å². The first-order valence-electron chi connectivity index (χ1n) is 10.6. The van der Waals surface area contributed by atoms with Crippen molar-refractivity contribution in [3.8, 4) is 11.5 Å². The van der Waals surface area contributed by atoms with Crippen LogP contribution in [0.15, 0.2) is 76.3 Å². The molecule has 0 aliphatic heterocycles. The molecule has 0 bridgehead atoms. The van der Waals surface area contributed by atoms with Crippen molar-refractivity contribution >= 4 is 57.2 Å². The Morgan fingerprint density at radius 2 is 1.72 bits per heavy atom. The number of ether oxygens (including phenoxy) is 2. The van der Waals surface area contributed by atoms with Gasteiger partial charge < -0.3 is 20.1 Å². The van der Waals surface area contributed by atoms with Crippen LogP contribution in [0.25, 0.3) is 0 Å². The van der Waals surface area contributed by atoms with Crippen LogP contribution in [-0.4, -0.2) is 37.7 Å². The maximum Gasteiger partial charge on any atom is 0.329 e. The minimum absolute atomic E-state index is 0.168. The van der Waals surface area contributed by atoms with Crippen LogP contribution in [0.3, 0.4) is 0 Å². The topological polar surface area (TPSA) is 118 Å². The van der Waals surface area contributed by atoms with E-state index in [1.54, 1.807) is 73.8 Å². The predicted molar refractivity (Wildman–Crippen MR) is 140 cm³/mol. The first-order chi connectivity index (χ1) is 17.3. The predicted octanol–water partition coefficient (Wildman–Crippen LogP) is 3.90. The first kappa shape index (κ1) is 26.7. The molecule has 0 atom stereocenters. The quantitative estimate of drug-likeness (QED) is 0.204. The molecule has 3 amide bonds. The summed E-state index contributed by atoms with van der Waals surface area (Å²) < 4.78 is 11.4. The average Bonchev–Trinajstić information content (AvgIpc) is 2.88. The summed E-state index contributed by atoms with van der Waals surface area (Å²) in [5, 5.41) is 9.60. The summed E-state index contributed by atoms with van der Waals surface area (Å²) in [5.41, 5.74) is 4.03. The van der Waals surface area contributed by atoms with E-state index in [0.717, 1.165) is 10.0 Å². The Morgan fingerprint density at radius 1 is 1.00 bits per heavy atom. The van der Waals surface area contributed by atoms with Gasteiger partial charge in [0, 0.05) is 27.3 Å². The molecule has 3 aromatic rings. The lowest BCUT2D eigenvalue weighted by molar-refractivity contribution is -0.139. The van der Waals surface area contributed by atoms with Gasteiger partial charge in [0.2, 0.25) is 0 Å². The second-order valence-corrected chi connectivity index (χ2v) is 8.61. The molecular weight excluding hydrogens is 552 g/mol. The Balaban J connectivity index is 1.51. The molecule has 0 aromatic heterocycles. The molecule has 0 aliphatic rings. The standard InChI is InChI=1S/C25H22BrClN4O5/c1-35-21-9-2-16(3-10-21)13-28-24(33)25(34)31-29-14-17-12-18(26)4-11-22(17)36-15-23(32)30-20-7-5-19(27)6-8-20/h2-12,14H,13,15H2,1H3,(H,28,33)(H,30,32)(H,31,34)/b29-14-. The highest BCUT2D eigenvalue weighted by Gasteiger charge is 2.12. The molecule has 0 aliphatic carbocycles. The largest absolute Gasteiger partial charge is 0.497 e. The third-order valence-corrected chi connectivity index (χ3v) is 5.39. The fourth-order valence-electron chi connectivity index (χ4n) is 2.84. The minimum Gasteiger partial charge on any atom is -0.497 e. The highest BCUT2D eigenvalue weighted by atomic mass is 79.9. The molecule has 9 nitrogen and oxygen atoms in total. The second kappa shape index (κ2) is 13.3. The summed E-state index contributed by atoms with van der Waals surface area (Å²) in [6.07, 6.45) is 1.31. The minimum atomic E-state index is -0.931. The number of nitrogens with one attached hydrogen (secondary N) is 3. The molecule has 186 valence electrons. The summed E-state index contributed by atoms with van der Waals surface area (Å²) in [6.45, 7) is -0.0904. The number of halogens is 2. The van der Waals surface area contributed by atoms with Crippen molar-refractivity contribution < 1.29 is 23.9 Å². The number of methoxy groups -OCH3 is 1. The number of amides is 3. The van der Waals surface area contributed by atoms with Crippen molar-refractivity contribution in [3.63, 3.8) is 0 Å². The number of nitrogens with zero attached hydrogens (tertiary/aromatic N) is 1. The van der Waals surface area contributed by atoms with Gasteiger partial charge in [0.1, 0.15) is 11.5 Å². The van der Waals surface area contributed by atoms with Crippen LogP contribution in [0.1, 0.15) is 11.1 Å². The van der Waals surface area contributed by atoms with Crippen LogP contribution in [0.5, 0.6) is 11.5 Å². The Kier molecular flexibility index (Phi) is 9.84. The Bertz CT molecular complexity index is 1250. The lowest BCUT2D eigenvalue weighted by Crippen LogP contribution is -2.37. The maximum absolute atomic E-state index is 12.2. The molecule has 0 heterocycles. The number of anilines is 1. The first-order valence-corrected chi connectivity index (χ1v) is 11.7. The van der Waals surface area contributed by atoms with E-state index >= 15 is 0 Å². The van der Waals surface area contributed by atoms with Gasteiger partial charge in [-0.25, -0.2) is 5.43 Å². The fourth-order valence-corrected chi connectivity index (χ4v) is 3.35. The summed E-state index contributed by atoms with van der Waals surface area (Å²) in [6, 6.07) is 18.8. The summed E-state index contributed by atoms with van der Waals surface area (Å²) in [7, 11) is 1.56. The number of rotatable bonds is 9. The summed E-state index contributed by atoms with van der Waals surface area (Å²) >= 11 is 9.20. The lowest BCUT2D eigenvalue weighted by atomic mass is 10.2. The van der Waals surface area contributed by atoms with E-state index in [2.05, 4.69) is 37.1 Å². The zero-order valence-electron chi connectivity index (χ0n) is 19.1. The molecule has 0 radical (unpaired) electrons. The number of benzene rings is 3. The monoisotopic (exact) mass is 572 g/mol. The van der Waals surface area contributed by atoms with E-state index in [-0.39, 0.29) is 19.1 Å². The number of carbonyl (C=O) groups excluding carboxylic acids is 3. The van der Waals surface area contributed by atoms with Crippen LogP contribution < -0.4 is 25.5 Å². The van der Waals surface area contributed by atoms with Gasteiger partial charge in [-0.1, -0.05) is 39.7 Å². The van der Waals surface area contributed by atoms with E-state index in [1.807, 2.05) is 0 Å². The molecule has 3 aromatic carbocycles. The van der Waals surface area contributed by atoms with Gasteiger partial charge in [0.25, 0.3) is 5.91 Å². The maximum atomic E-state index is 12.2. The number of hydrogen-bond donors (Lipinski definition) is 3. The number of carbonyl (C=O) groups is 3. The molecule has 0 spiro atoms. The van der Waals surface area contributed by atoms with Gasteiger partial charge in [-0.15, -0.1) is 0 Å². The molecule has 3 N–H and O–H groups in total. The van der Waals surface area contributed by atoms with Crippen LogP contribution >= 0.6 is 27.5 Å². The summed E-state index contributed by atoms with van der Waals surface area (Å²) in [5.74, 6) is -1.10. The van der Waals surface area contributed by atoms with Crippen LogP contribution in [0, 0.1) is 0 Å². The van der Waals surface area contributed by atoms with Gasteiger partial charge in [-0.05, 0) is 60.2 Å². The average molecular weight is 574 g/mol. The normalized spacial score (nSPS) is 10.5. The highest BCUT2D eigenvalue weighted by Crippen LogP contribution is 2.22.